The number of hydrogen-bond donors (Lipinski definition) is 5. The lowest BCUT2D eigenvalue weighted by molar-refractivity contribution is -0.136. The third-order valence-corrected chi connectivity index (χ3v) is 7.81. The summed E-state index contributed by atoms with van der Waals surface area (Å²) in [6.45, 7) is 8.58. The highest BCUT2D eigenvalue weighted by atomic mass is 32.2. The van der Waals surface area contributed by atoms with E-state index in [0.717, 1.165) is 34.4 Å². The average molecular weight is 606 g/mol. The number of nitrogens with one attached hydrogen (secondary N) is 1. The number of carboxylic acids is 1. The van der Waals surface area contributed by atoms with Crippen LogP contribution >= 0.6 is 11.8 Å². The van der Waals surface area contributed by atoms with Crippen LogP contribution in [-0.4, -0.2) is 51.2 Å². The number of amides is 1. The minimum Gasteiger partial charge on any atom is -0.508 e. The largest absolute Gasteiger partial charge is 0.508 e. The Bertz CT molecular complexity index is 1540. The monoisotopic (exact) mass is 605 g/mol. The van der Waals surface area contributed by atoms with Crippen LogP contribution in [0.25, 0.3) is 10.8 Å². The van der Waals surface area contributed by atoms with E-state index in [4.69, 9.17) is 20.1 Å². The number of phenols is 3. The molecule has 0 aromatic heterocycles. The fraction of sp³-hybridized carbons (Fsp3) is 0.294. The quantitative estimate of drug-likeness (QED) is 0.0698. The van der Waals surface area contributed by atoms with E-state index < -0.39 is 5.97 Å². The van der Waals surface area contributed by atoms with Crippen LogP contribution in [0.5, 0.6) is 23.0 Å². The first-order valence-electron chi connectivity index (χ1n) is 14.0. The van der Waals surface area contributed by atoms with Crippen molar-refractivity contribution in [2.75, 3.05) is 18.9 Å². The smallest absolute Gasteiger partial charge is 0.304 e. The molecule has 228 valence electrons. The van der Waals surface area contributed by atoms with E-state index in [1.807, 2.05) is 38.1 Å². The van der Waals surface area contributed by atoms with Crippen LogP contribution in [-0.2, 0) is 4.79 Å². The number of unbranched alkanes of at least 4 members (excludes halogenated alkanes) is 1. The number of aromatic hydroxyl groups is 3. The zero-order valence-electron chi connectivity index (χ0n) is 24.9. The molecule has 0 fully saturated rings. The molecule has 0 spiro atoms. The number of hydrogen-bond acceptors (Lipinski definition) is 7. The van der Waals surface area contributed by atoms with E-state index in [-0.39, 0.29) is 35.1 Å². The highest BCUT2D eigenvalue weighted by molar-refractivity contribution is 7.99. The number of thioether (sulfide) groups is 1. The van der Waals surface area contributed by atoms with E-state index in [2.05, 4.69) is 11.4 Å². The minimum absolute atomic E-state index is 0.0194. The van der Waals surface area contributed by atoms with E-state index in [1.165, 1.54) is 17.3 Å². The number of ether oxygens (including phenoxy) is 1. The van der Waals surface area contributed by atoms with Crippen molar-refractivity contribution in [1.82, 2.24) is 5.32 Å². The summed E-state index contributed by atoms with van der Waals surface area (Å²) in [5.41, 5.74) is 3.89. The topological polar surface area (TPSA) is 136 Å². The van der Waals surface area contributed by atoms with Crippen LogP contribution < -0.4 is 10.1 Å². The summed E-state index contributed by atoms with van der Waals surface area (Å²) in [5.74, 6) is 0.429. The third kappa shape index (κ3) is 9.58. The van der Waals surface area contributed by atoms with Crippen molar-refractivity contribution in [3.05, 3.63) is 88.5 Å². The molecule has 0 aliphatic rings. The van der Waals surface area contributed by atoms with Crippen LogP contribution in [0.4, 0.5) is 0 Å². The lowest BCUT2D eigenvalue weighted by atomic mass is 10.0. The number of carboxylic acid groups (broad SMARTS) is 1. The molecule has 0 bridgehead atoms. The Labute approximate surface area is 256 Å². The molecule has 8 nitrogen and oxygen atoms in total. The van der Waals surface area contributed by atoms with Crippen molar-refractivity contribution < 1.29 is 34.8 Å². The molecule has 1 amide bonds. The summed E-state index contributed by atoms with van der Waals surface area (Å²) >= 11 is 1.36. The van der Waals surface area contributed by atoms with Crippen LogP contribution in [0.3, 0.4) is 0 Å². The van der Waals surface area contributed by atoms with Gasteiger partial charge in [-0.1, -0.05) is 42.0 Å². The molecule has 0 atom stereocenters. The van der Waals surface area contributed by atoms with Crippen molar-refractivity contribution in [2.45, 2.75) is 51.9 Å². The first-order chi connectivity index (χ1) is 20.5. The van der Waals surface area contributed by atoms with Gasteiger partial charge in [-0.15, -0.1) is 11.8 Å². The van der Waals surface area contributed by atoms with Crippen molar-refractivity contribution >= 4 is 34.4 Å². The van der Waals surface area contributed by atoms with Gasteiger partial charge in [0.25, 0.3) is 5.91 Å². The molecular formula is C34H39NO7S. The standard InChI is InChI=1S/C26H29NO5S.C8H10O2/c1-17-9-10-22(18(2)15-17)32-13-6-5-12-27-26(31)21-16-23(33-14-11-24(28)29)19-7-3-4-8-20(19)25(21)30;1-5-3-8(10)6(2)4-7(5)9/h3-4,7-10,15-16,30H,5-6,11-14H2,1-2H3,(H,27,31)(H,28,29);3-4,9-10H,1-2H3. The fourth-order valence-corrected chi connectivity index (χ4v) is 5.35. The minimum atomic E-state index is -0.870. The van der Waals surface area contributed by atoms with Crippen LogP contribution in [0.2, 0.25) is 0 Å². The van der Waals surface area contributed by atoms with Crippen molar-refractivity contribution in [1.29, 1.82) is 0 Å². The second-order valence-electron chi connectivity index (χ2n) is 10.3. The highest BCUT2D eigenvalue weighted by Crippen LogP contribution is 2.37. The number of aliphatic carboxylic acids is 1. The Morgan fingerprint density at radius 1 is 0.814 bits per heavy atom. The van der Waals surface area contributed by atoms with Gasteiger partial charge in [0.15, 0.2) is 0 Å². The van der Waals surface area contributed by atoms with Crippen LogP contribution in [0.1, 0.15) is 51.9 Å². The van der Waals surface area contributed by atoms with Crippen LogP contribution in [0.15, 0.2) is 65.6 Å². The maximum atomic E-state index is 12.8. The van der Waals surface area contributed by atoms with Crippen molar-refractivity contribution in [2.24, 2.45) is 0 Å². The normalized spacial score (nSPS) is 10.6. The van der Waals surface area contributed by atoms with Gasteiger partial charge in [0.1, 0.15) is 23.0 Å². The van der Waals surface area contributed by atoms with E-state index in [1.54, 1.807) is 44.2 Å². The van der Waals surface area contributed by atoms with Gasteiger partial charge in [-0.2, -0.15) is 0 Å². The number of phenolic OH excluding ortho intramolecular Hbond substituents is 3. The van der Waals surface area contributed by atoms with Gasteiger partial charge in [-0.05, 0) is 86.9 Å². The second-order valence-corrected chi connectivity index (χ2v) is 11.5. The molecule has 0 saturated heterocycles. The fourth-order valence-electron chi connectivity index (χ4n) is 4.32. The molecule has 0 heterocycles. The van der Waals surface area contributed by atoms with E-state index in [0.29, 0.717) is 35.4 Å². The van der Waals surface area contributed by atoms with Gasteiger partial charge < -0.3 is 30.5 Å². The number of fused-ring (bicyclic) bond motifs is 1. The van der Waals surface area contributed by atoms with Crippen molar-refractivity contribution in [3.8, 4) is 23.0 Å². The average Bonchev–Trinajstić information content (AvgIpc) is 2.96. The molecule has 4 aromatic carbocycles. The molecule has 4 rings (SSSR count). The Morgan fingerprint density at radius 3 is 2.09 bits per heavy atom. The van der Waals surface area contributed by atoms with Gasteiger partial charge in [0.2, 0.25) is 0 Å². The Hall–Kier alpha value is -4.37. The number of carbonyl (C=O) groups excluding carboxylic acids is 1. The lowest BCUT2D eigenvalue weighted by Crippen LogP contribution is -2.25. The number of aryl methyl sites for hydroxylation is 4. The molecule has 9 heteroatoms. The zero-order valence-corrected chi connectivity index (χ0v) is 25.8. The predicted molar refractivity (Wildman–Crippen MR) is 171 cm³/mol. The van der Waals surface area contributed by atoms with E-state index >= 15 is 0 Å². The first-order valence-corrected chi connectivity index (χ1v) is 15.0. The summed E-state index contributed by atoms with van der Waals surface area (Å²) in [6, 6.07) is 18.1. The Balaban J connectivity index is 0.000000428. The maximum absolute atomic E-state index is 12.8. The van der Waals surface area contributed by atoms with Gasteiger partial charge >= 0.3 is 5.97 Å². The summed E-state index contributed by atoms with van der Waals surface area (Å²) in [4.78, 5) is 24.4. The molecule has 0 aliphatic heterocycles. The summed E-state index contributed by atoms with van der Waals surface area (Å²) < 4.78 is 5.82. The van der Waals surface area contributed by atoms with Gasteiger partial charge in [0.05, 0.1) is 18.6 Å². The number of rotatable bonds is 11. The second kappa shape index (κ2) is 15.7. The lowest BCUT2D eigenvalue weighted by Gasteiger charge is -2.13. The summed E-state index contributed by atoms with van der Waals surface area (Å²) in [7, 11) is 0. The van der Waals surface area contributed by atoms with E-state index in [9.17, 15) is 14.7 Å². The highest BCUT2D eigenvalue weighted by Gasteiger charge is 2.17. The predicted octanol–water partition coefficient (Wildman–Crippen LogP) is 7.03. The van der Waals surface area contributed by atoms with Crippen LogP contribution in [0, 0.1) is 27.7 Å². The molecule has 5 N–H and O–H groups in total. The molecule has 0 unspecified atom stereocenters. The summed E-state index contributed by atoms with van der Waals surface area (Å²) in [6.07, 6.45) is 1.55. The molecule has 0 radical (unpaired) electrons. The molecule has 4 aromatic rings. The Morgan fingerprint density at radius 2 is 1.47 bits per heavy atom. The Kier molecular flexibility index (Phi) is 12.1. The first kappa shape index (κ1) is 33.1. The van der Waals surface area contributed by atoms with Gasteiger partial charge in [-0.25, -0.2) is 0 Å². The van der Waals surface area contributed by atoms with Gasteiger partial charge in [-0.3, -0.25) is 9.59 Å². The van der Waals surface area contributed by atoms with Gasteiger partial charge in [0, 0.05) is 22.6 Å². The van der Waals surface area contributed by atoms with Crippen molar-refractivity contribution in [3.63, 3.8) is 0 Å². The number of benzene rings is 4. The number of carbonyl (C=O) groups is 2. The molecule has 0 aliphatic carbocycles. The summed E-state index contributed by atoms with van der Waals surface area (Å²) in [5, 5.41) is 42.1. The molecule has 43 heavy (non-hydrogen) atoms. The maximum Gasteiger partial charge on any atom is 0.304 e. The SMILES string of the molecule is Cc1cc(O)c(C)cc1O.Cc1ccc(OCCCCNC(=O)c2cc(SCCC(=O)O)c3ccccc3c2O)c(C)c1. The molecular weight excluding hydrogens is 566 g/mol. The third-order valence-electron chi connectivity index (χ3n) is 6.76. The zero-order chi connectivity index (χ0) is 31.5. The molecule has 0 saturated carbocycles.